The Kier molecular flexibility index (Phi) is 10.8. The van der Waals surface area contributed by atoms with Crippen molar-refractivity contribution in [1.82, 2.24) is 0 Å². The number of aliphatic hydroxyl groups excluding tert-OH is 2. The van der Waals surface area contributed by atoms with Gasteiger partial charge in [-0.2, -0.15) is 0 Å². The summed E-state index contributed by atoms with van der Waals surface area (Å²) in [5.74, 6) is 0. The summed E-state index contributed by atoms with van der Waals surface area (Å²) < 4.78 is 0. The smallest absolute Gasteiger partial charge is 0.0790 e. The summed E-state index contributed by atoms with van der Waals surface area (Å²) in [6.07, 6.45) is 5.68. The molecular formula is C22H32O2. The number of aliphatic hydroxyl groups is 2. The quantitative estimate of drug-likeness (QED) is 0.641. The number of benzene rings is 2. The van der Waals surface area contributed by atoms with Crippen molar-refractivity contribution >= 4 is 0 Å². The lowest BCUT2D eigenvalue weighted by Gasteiger charge is -2.09. The van der Waals surface area contributed by atoms with Gasteiger partial charge >= 0.3 is 0 Å². The summed E-state index contributed by atoms with van der Waals surface area (Å²) in [5, 5.41) is 19.3. The van der Waals surface area contributed by atoms with E-state index in [-0.39, 0.29) is 12.2 Å². The van der Waals surface area contributed by atoms with Crippen LogP contribution in [0.15, 0.2) is 60.7 Å². The van der Waals surface area contributed by atoms with Crippen LogP contribution in [0.1, 0.15) is 75.7 Å². The molecule has 2 aromatic carbocycles. The minimum Gasteiger partial charge on any atom is -0.388 e. The Balaban J connectivity index is 0.000000240. The molecule has 0 fully saturated rings. The van der Waals surface area contributed by atoms with Gasteiger partial charge in [-0.1, -0.05) is 100 Å². The van der Waals surface area contributed by atoms with Crippen molar-refractivity contribution in [1.29, 1.82) is 0 Å². The molecule has 0 aliphatic carbocycles. The van der Waals surface area contributed by atoms with E-state index in [1.807, 2.05) is 60.7 Å². The SMILES string of the molecule is CCCCC(O)c1ccccc1.CCCCC(O)c1ccccc1. The van der Waals surface area contributed by atoms with Gasteiger partial charge in [-0.3, -0.25) is 0 Å². The van der Waals surface area contributed by atoms with Crippen LogP contribution >= 0.6 is 0 Å². The van der Waals surface area contributed by atoms with E-state index in [2.05, 4.69) is 13.8 Å². The van der Waals surface area contributed by atoms with Crippen molar-refractivity contribution in [3.8, 4) is 0 Å². The Morgan fingerprint density at radius 3 is 1.25 bits per heavy atom. The highest BCUT2D eigenvalue weighted by atomic mass is 16.3. The zero-order valence-electron chi connectivity index (χ0n) is 15.1. The van der Waals surface area contributed by atoms with Crippen molar-refractivity contribution in [2.24, 2.45) is 0 Å². The van der Waals surface area contributed by atoms with Crippen LogP contribution in [-0.4, -0.2) is 10.2 Å². The molecule has 0 bridgehead atoms. The van der Waals surface area contributed by atoms with E-state index < -0.39 is 0 Å². The second-order valence-corrected chi connectivity index (χ2v) is 6.14. The summed E-state index contributed by atoms with van der Waals surface area (Å²) in [4.78, 5) is 0. The Morgan fingerprint density at radius 1 is 0.625 bits per heavy atom. The third-order valence-corrected chi connectivity index (χ3v) is 4.03. The van der Waals surface area contributed by atoms with Crippen molar-refractivity contribution in [3.05, 3.63) is 71.8 Å². The lowest BCUT2D eigenvalue weighted by molar-refractivity contribution is 0.164. The molecule has 2 heteroatoms. The summed E-state index contributed by atoms with van der Waals surface area (Å²) in [6, 6.07) is 19.7. The molecule has 0 amide bonds. The van der Waals surface area contributed by atoms with Crippen LogP contribution in [0.3, 0.4) is 0 Å². The van der Waals surface area contributed by atoms with Crippen LogP contribution in [0.25, 0.3) is 0 Å². The molecule has 2 rings (SSSR count). The maximum absolute atomic E-state index is 9.65. The highest BCUT2D eigenvalue weighted by Crippen LogP contribution is 2.18. The van der Waals surface area contributed by atoms with Crippen molar-refractivity contribution in [2.75, 3.05) is 0 Å². The first-order chi connectivity index (χ1) is 11.7. The Morgan fingerprint density at radius 2 is 0.958 bits per heavy atom. The molecule has 2 unspecified atom stereocenters. The lowest BCUT2D eigenvalue weighted by atomic mass is 10.0. The van der Waals surface area contributed by atoms with Crippen LogP contribution in [0.2, 0.25) is 0 Å². The van der Waals surface area contributed by atoms with E-state index in [0.717, 1.165) is 49.7 Å². The number of rotatable bonds is 8. The Hall–Kier alpha value is -1.64. The molecule has 0 heterocycles. The zero-order chi connectivity index (χ0) is 17.6. The Bertz CT molecular complexity index is 461. The third-order valence-electron chi connectivity index (χ3n) is 4.03. The molecule has 132 valence electrons. The number of hydrogen-bond donors (Lipinski definition) is 2. The molecule has 0 aromatic heterocycles. The number of hydrogen-bond acceptors (Lipinski definition) is 2. The van der Waals surface area contributed by atoms with Gasteiger partial charge in [0.2, 0.25) is 0 Å². The van der Waals surface area contributed by atoms with Gasteiger partial charge in [0.1, 0.15) is 0 Å². The van der Waals surface area contributed by atoms with Gasteiger partial charge in [0.05, 0.1) is 12.2 Å². The summed E-state index contributed by atoms with van der Waals surface area (Å²) in [6.45, 7) is 4.27. The van der Waals surface area contributed by atoms with Gasteiger partial charge in [0.25, 0.3) is 0 Å². The van der Waals surface area contributed by atoms with Crippen LogP contribution in [0.4, 0.5) is 0 Å². The predicted molar refractivity (Wildman–Crippen MR) is 102 cm³/mol. The van der Waals surface area contributed by atoms with E-state index in [0.29, 0.717) is 0 Å². The molecule has 2 atom stereocenters. The molecule has 24 heavy (non-hydrogen) atoms. The average molecular weight is 328 g/mol. The third kappa shape index (κ3) is 8.28. The molecule has 0 radical (unpaired) electrons. The van der Waals surface area contributed by atoms with Gasteiger partial charge in [-0.25, -0.2) is 0 Å². The van der Waals surface area contributed by atoms with E-state index in [1.165, 1.54) is 0 Å². The zero-order valence-corrected chi connectivity index (χ0v) is 15.1. The van der Waals surface area contributed by atoms with Crippen LogP contribution in [-0.2, 0) is 0 Å². The molecule has 0 spiro atoms. The van der Waals surface area contributed by atoms with Gasteiger partial charge in [0, 0.05) is 0 Å². The molecule has 2 aromatic rings. The van der Waals surface area contributed by atoms with Crippen molar-refractivity contribution < 1.29 is 10.2 Å². The summed E-state index contributed by atoms with van der Waals surface area (Å²) in [7, 11) is 0. The minimum atomic E-state index is -0.272. The maximum Gasteiger partial charge on any atom is 0.0790 e. The Labute approximate surface area is 147 Å². The molecular weight excluding hydrogens is 296 g/mol. The molecule has 2 nitrogen and oxygen atoms in total. The van der Waals surface area contributed by atoms with Gasteiger partial charge in [-0.15, -0.1) is 0 Å². The van der Waals surface area contributed by atoms with Crippen LogP contribution in [0.5, 0.6) is 0 Å². The second-order valence-electron chi connectivity index (χ2n) is 6.14. The highest BCUT2D eigenvalue weighted by molar-refractivity contribution is 5.17. The molecule has 0 aliphatic heterocycles. The van der Waals surface area contributed by atoms with Crippen molar-refractivity contribution in [2.45, 2.75) is 64.6 Å². The first-order valence-electron chi connectivity index (χ1n) is 9.15. The monoisotopic (exact) mass is 328 g/mol. The fraction of sp³-hybridized carbons (Fsp3) is 0.455. The predicted octanol–water partition coefficient (Wildman–Crippen LogP) is 5.82. The van der Waals surface area contributed by atoms with E-state index in [1.54, 1.807) is 0 Å². The molecule has 0 saturated carbocycles. The van der Waals surface area contributed by atoms with E-state index in [9.17, 15) is 10.2 Å². The minimum absolute atomic E-state index is 0.272. The van der Waals surface area contributed by atoms with Gasteiger partial charge in [0.15, 0.2) is 0 Å². The van der Waals surface area contributed by atoms with E-state index >= 15 is 0 Å². The summed E-state index contributed by atoms with van der Waals surface area (Å²) >= 11 is 0. The second kappa shape index (κ2) is 12.7. The van der Waals surface area contributed by atoms with E-state index in [4.69, 9.17) is 0 Å². The maximum atomic E-state index is 9.65. The number of unbranched alkanes of at least 4 members (excludes halogenated alkanes) is 2. The normalized spacial score (nSPS) is 12.8. The topological polar surface area (TPSA) is 40.5 Å². The van der Waals surface area contributed by atoms with Crippen LogP contribution < -0.4 is 0 Å². The highest BCUT2D eigenvalue weighted by Gasteiger charge is 2.05. The fourth-order valence-electron chi connectivity index (χ4n) is 2.48. The summed E-state index contributed by atoms with van der Waals surface area (Å²) in [5.41, 5.74) is 2.07. The van der Waals surface area contributed by atoms with Gasteiger partial charge < -0.3 is 10.2 Å². The van der Waals surface area contributed by atoms with Gasteiger partial charge in [-0.05, 0) is 24.0 Å². The lowest BCUT2D eigenvalue weighted by Crippen LogP contribution is -1.95. The molecule has 0 saturated heterocycles. The van der Waals surface area contributed by atoms with Crippen LogP contribution in [0, 0.1) is 0 Å². The molecule has 0 aliphatic rings. The standard InChI is InChI=1S/2C11H16O/c2*1-2-3-9-11(12)10-7-5-4-6-8-10/h2*4-8,11-12H,2-3,9H2,1H3. The molecule has 2 N–H and O–H groups in total. The first kappa shape index (κ1) is 20.4. The fourth-order valence-corrected chi connectivity index (χ4v) is 2.48. The average Bonchev–Trinajstić information content (AvgIpc) is 2.66. The first-order valence-corrected chi connectivity index (χ1v) is 9.15. The van der Waals surface area contributed by atoms with Crippen molar-refractivity contribution in [3.63, 3.8) is 0 Å². The largest absolute Gasteiger partial charge is 0.388 e.